The maximum atomic E-state index is 12.0. The number of nitrogens with zero attached hydrogens (tertiary/aromatic N) is 2. The van der Waals surface area contributed by atoms with Gasteiger partial charge >= 0.3 is 0 Å². The lowest BCUT2D eigenvalue weighted by atomic mass is 10.1. The second kappa shape index (κ2) is 5.59. The Balaban J connectivity index is 2.09. The highest BCUT2D eigenvalue weighted by Gasteiger charge is 2.12. The van der Waals surface area contributed by atoms with E-state index in [1.54, 1.807) is 37.5 Å². The second-order valence-electron chi connectivity index (χ2n) is 4.33. The topological polar surface area (TPSA) is 90.0 Å². The van der Waals surface area contributed by atoms with Gasteiger partial charge in [0.05, 0.1) is 17.6 Å². The molecule has 0 saturated heterocycles. The van der Waals surface area contributed by atoms with Crippen molar-refractivity contribution in [3.63, 3.8) is 0 Å². The molecule has 1 aromatic carbocycles. The zero-order valence-corrected chi connectivity index (χ0v) is 12.4. The molecule has 0 spiro atoms. The standard InChI is InChI=1S/C12H14N4O2S2/c1-16-7-11(6-14-16)15-20(17,18)8-9-2-4-10(5-3-9)12(13)19/h2-7,15H,8H2,1H3,(H2,13,19). The molecule has 0 radical (unpaired) electrons. The van der Waals surface area contributed by atoms with E-state index in [1.807, 2.05) is 0 Å². The lowest BCUT2D eigenvalue weighted by molar-refractivity contribution is 0.600. The molecule has 0 aliphatic heterocycles. The number of nitrogens with two attached hydrogens (primary N) is 1. The number of hydrogen-bond acceptors (Lipinski definition) is 4. The van der Waals surface area contributed by atoms with Crippen LogP contribution in [-0.2, 0) is 22.8 Å². The summed E-state index contributed by atoms with van der Waals surface area (Å²) >= 11 is 4.84. The minimum Gasteiger partial charge on any atom is -0.389 e. The maximum Gasteiger partial charge on any atom is 0.237 e. The quantitative estimate of drug-likeness (QED) is 0.804. The number of hydrogen-bond donors (Lipinski definition) is 2. The highest BCUT2D eigenvalue weighted by atomic mass is 32.2. The van der Waals surface area contributed by atoms with Crippen molar-refractivity contribution in [1.82, 2.24) is 9.78 Å². The molecule has 0 fully saturated rings. The monoisotopic (exact) mass is 310 g/mol. The zero-order chi connectivity index (χ0) is 14.8. The van der Waals surface area contributed by atoms with Gasteiger partial charge < -0.3 is 5.73 Å². The highest BCUT2D eigenvalue weighted by Crippen LogP contribution is 2.12. The number of sulfonamides is 1. The fourth-order valence-corrected chi connectivity index (χ4v) is 2.98. The molecule has 3 N–H and O–H groups in total. The molecule has 0 amide bonds. The van der Waals surface area contributed by atoms with E-state index in [0.717, 1.165) is 0 Å². The van der Waals surface area contributed by atoms with Gasteiger partial charge in [0, 0.05) is 18.8 Å². The molecule has 0 bridgehead atoms. The summed E-state index contributed by atoms with van der Waals surface area (Å²) in [6.45, 7) is 0. The third-order valence-corrected chi connectivity index (χ3v) is 4.07. The Morgan fingerprint density at radius 1 is 1.40 bits per heavy atom. The molecule has 0 saturated carbocycles. The minimum absolute atomic E-state index is 0.125. The van der Waals surface area contributed by atoms with Crippen molar-refractivity contribution in [3.05, 3.63) is 47.8 Å². The summed E-state index contributed by atoms with van der Waals surface area (Å²) in [5, 5.41) is 3.90. The van der Waals surface area contributed by atoms with Crippen LogP contribution in [0.1, 0.15) is 11.1 Å². The molecule has 8 heteroatoms. The van der Waals surface area contributed by atoms with Gasteiger partial charge in [-0.2, -0.15) is 5.10 Å². The third kappa shape index (κ3) is 3.78. The normalized spacial score (nSPS) is 11.2. The number of aryl methyl sites for hydroxylation is 1. The summed E-state index contributed by atoms with van der Waals surface area (Å²) in [5.74, 6) is -0.125. The van der Waals surface area contributed by atoms with Crippen LogP contribution >= 0.6 is 12.2 Å². The van der Waals surface area contributed by atoms with Crippen LogP contribution in [0.25, 0.3) is 0 Å². The molecular weight excluding hydrogens is 296 g/mol. The van der Waals surface area contributed by atoms with Gasteiger partial charge in [0.1, 0.15) is 4.99 Å². The van der Waals surface area contributed by atoms with Crippen molar-refractivity contribution in [2.45, 2.75) is 5.75 Å². The number of thiocarbonyl (C=S) groups is 1. The van der Waals surface area contributed by atoms with Gasteiger partial charge in [-0.1, -0.05) is 36.5 Å². The molecular formula is C12H14N4O2S2. The molecule has 6 nitrogen and oxygen atoms in total. The SMILES string of the molecule is Cn1cc(NS(=O)(=O)Cc2ccc(C(N)=S)cc2)cn1. The van der Waals surface area contributed by atoms with E-state index in [4.69, 9.17) is 18.0 Å². The van der Waals surface area contributed by atoms with Gasteiger partial charge in [-0.25, -0.2) is 8.42 Å². The molecule has 2 aromatic rings. The predicted octanol–water partition coefficient (Wildman–Crippen LogP) is 0.996. The average molecular weight is 310 g/mol. The average Bonchev–Trinajstić information content (AvgIpc) is 2.73. The van der Waals surface area contributed by atoms with Gasteiger partial charge in [0.25, 0.3) is 0 Å². The lowest BCUT2D eigenvalue weighted by Crippen LogP contribution is -2.15. The first-order valence-electron chi connectivity index (χ1n) is 5.73. The van der Waals surface area contributed by atoms with Crippen LogP contribution < -0.4 is 10.5 Å². The molecule has 0 atom stereocenters. The Bertz CT molecular complexity index is 720. The molecule has 0 aliphatic rings. The molecule has 106 valence electrons. The van der Waals surface area contributed by atoms with Crippen molar-refractivity contribution < 1.29 is 8.42 Å². The Morgan fingerprint density at radius 2 is 2.05 bits per heavy atom. The Labute approximate surface area is 122 Å². The number of benzene rings is 1. The molecule has 0 unspecified atom stereocenters. The van der Waals surface area contributed by atoms with Gasteiger partial charge in [-0.05, 0) is 5.56 Å². The van der Waals surface area contributed by atoms with Crippen LogP contribution in [0.15, 0.2) is 36.7 Å². The van der Waals surface area contributed by atoms with Crippen molar-refractivity contribution in [3.8, 4) is 0 Å². The predicted molar refractivity (Wildman–Crippen MR) is 81.8 cm³/mol. The summed E-state index contributed by atoms with van der Waals surface area (Å²) in [4.78, 5) is 0.285. The summed E-state index contributed by atoms with van der Waals surface area (Å²) < 4.78 is 28.0. The fraction of sp³-hybridized carbons (Fsp3) is 0.167. The number of rotatable bonds is 5. The lowest BCUT2D eigenvalue weighted by Gasteiger charge is -2.06. The van der Waals surface area contributed by atoms with E-state index in [2.05, 4.69) is 9.82 Å². The first-order chi connectivity index (χ1) is 9.35. The number of aromatic nitrogens is 2. The third-order valence-electron chi connectivity index (χ3n) is 2.57. The van der Waals surface area contributed by atoms with Crippen molar-refractivity contribution >= 4 is 32.9 Å². The number of nitrogens with one attached hydrogen (secondary N) is 1. The first kappa shape index (κ1) is 14.5. The number of anilines is 1. The van der Waals surface area contributed by atoms with Crippen LogP contribution in [0, 0.1) is 0 Å². The van der Waals surface area contributed by atoms with E-state index in [-0.39, 0.29) is 10.7 Å². The summed E-state index contributed by atoms with van der Waals surface area (Å²) in [7, 11) is -1.76. The van der Waals surface area contributed by atoms with Crippen LogP contribution in [0.2, 0.25) is 0 Å². The molecule has 0 aliphatic carbocycles. The van der Waals surface area contributed by atoms with Crippen molar-refractivity contribution in [2.24, 2.45) is 12.8 Å². The Morgan fingerprint density at radius 3 is 2.55 bits per heavy atom. The summed E-state index contributed by atoms with van der Waals surface area (Å²) in [6.07, 6.45) is 3.04. The van der Waals surface area contributed by atoms with E-state index in [1.165, 1.54) is 10.9 Å². The van der Waals surface area contributed by atoms with Crippen LogP contribution in [0.5, 0.6) is 0 Å². The zero-order valence-electron chi connectivity index (χ0n) is 10.8. The molecule has 1 heterocycles. The minimum atomic E-state index is -3.47. The van der Waals surface area contributed by atoms with Gasteiger partial charge in [-0.3, -0.25) is 9.40 Å². The largest absolute Gasteiger partial charge is 0.389 e. The van der Waals surface area contributed by atoms with Gasteiger partial charge in [0.2, 0.25) is 10.0 Å². The molecule has 1 aromatic heterocycles. The van der Waals surface area contributed by atoms with E-state index in [0.29, 0.717) is 16.8 Å². The molecule has 2 rings (SSSR count). The van der Waals surface area contributed by atoms with Gasteiger partial charge in [0.15, 0.2) is 0 Å². The van der Waals surface area contributed by atoms with E-state index in [9.17, 15) is 8.42 Å². The van der Waals surface area contributed by atoms with Crippen LogP contribution in [0.3, 0.4) is 0 Å². The van der Waals surface area contributed by atoms with E-state index < -0.39 is 10.0 Å². The summed E-state index contributed by atoms with van der Waals surface area (Å²) in [5.41, 5.74) is 7.29. The van der Waals surface area contributed by atoms with E-state index >= 15 is 0 Å². The highest BCUT2D eigenvalue weighted by molar-refractivity contribution is 7.91. The fourth-order valence-electron chi connectivity index (χ4n) is 1.67. The summed E-state index contributed by atoms with van der Waals surface area (Å²) in [6, 6.07) is 6.79. The Kier molecular flexibility index (Phi) is 4.05. The van der Waals surface area contributed by atoms with Crippen LogP contribution in [0.4, 0.5) is 5.69 Å². The first-order valence-corrected chi connectivity index (χ1v) is 7.80. The van der Waals surface area contributed by atoms with Crippen molar-refractivity contribution in [2.75, 3.05) is 4.72 Å². The maximum absolute atomic E-state index is 12.0. The van der Waals surface area contributed by atoms with Crippen LogP contribution in [-0.4, -0.2) is 23.2 Å². The molecule has 20 heavy (non-hydrogen) atoms. The second-order valence-corrected chi connectivity index (χ2v) is 6.49. The Hall–Kier alpha value is -1.93. The smallest absolute Gasteiger partial charge is 0.237 e. The van der Waals surface area contributed by atoms with Gasteiger partial charge in [-0.15, -0.1) is 0 Å². The van der Waals surface area contributed by atoms with Crippen molar-refractivity contribution in [1.29, 1.82) is 0 Å².